The van der Waals surface area contributed by atoms with Crippen molar-refractivity contribution in [3.8, 4) is 11.5 Å². The Balaban J connectivity index is 2.50. The lowest BCUT2D eigenvalue weighted by Gasteiger charge is -2.15. The Hall–Kier alpha value is -1.53. The van der Waals surface area contributed by atoms with Crippen molar-refractivity contribution in [2.24, 2.45) is 5.73 Å². The largest absolute Gasteiger partial charge is 0.451 e. The molecule has 106 valence electrons. The molecular formula is C14H11BrF3NO. The lowest BCUT2D eigenvalue weighted by Crippen LogP contribution is -2.08. The van der Waals surface area contributed by atoms with Crippen molar-refractivity contribution >= 4 is 15.9 Å². The summed E-state index contributed by atoms with van der Waals surface area (Å²) in [6, 6.07) is 5.86. The van der Waals surface area contributed by atoms with Gasteiger partial charge in [-0.15, -0.1) is 0 Å². The van der Waals surface area contributed by atoms with Crippen molar-refractivity contribution < 1.29 is 17.9 Å². The van der Waals surface area contributed by atoms with E-state index in [1.165, 1.54) is 12.1 Å². The molecule has 20 heavy (non-hydrogen) atoms. The molecule has 2 aromatic carbocycles. The van der Waals surface area contributed by atoms with Crippen molar-refractivity contribution in [2.75, 3.05) is 0 Å². The predicted molar refractivity (Wildman–Crippen MR) is 73.1 cm³/mol. The minimum absolute atomic E-state index is 0.209. The van der Waals surface area contributed by atoms with Crippen LogP contribution in [0.3, 0.4) is 0 Å². The highest BCUT2D eigenvalue weighted by atomic mass is 79.9. The predicted octanol–water partition coefficient (Wildman–Crippen LogP) is 4.68. The normalized spacial score (nSPS) is 12.3. The van der Waals surface area contributed by atoms with E-state index < -0.39 is 29.2 Å². The van der Waals surface area contributed by atoms with Gasteiger partial charge in [0.25, 0.3) is 0 Å². The van der Waals surface area contributed by atoms with Crippen LogP contribution < -0.4 is 10.5 Å². The van der Waals surface area contributed by atoms with E-state index in [1.54, 1.807) is 13.0 Å². The topological polar surface area (TPSA) is 35.2 Å². The quantitative estimate of drug-likeness (QED) is 0.819. The number of rotatable bonds is 3. The lowest BCUT2D eigenvalue weighted by atomic mass is 10.1. The fourth-order valence-electron chi connectivity index (χ4n) is 1.71. The molecule has 6 heteroatoms. The first-order chi connectivity index (χ1) is 9.40. The van der Waals surface area contributed by atoms with Gasteiger partial charge in [0.05, 0.1) is 0 Å². The Morgan fingerprint density at radius 1 is 1.15 bits per heavy atom. The summed E-state index contributed by atoms with van der Waals surface area (Å²) in [5.41, 5.74) is 6.08. The fourth-order valence-corrected chi connectivity index (χ4v) is 2.12. The van der Waals surface area contributed by atoms with Crippen LogP contribution >= 0.6 is 15.9 Å². The molecule has 0 fully saturated rings. The van der Waals surface area contributed by atoms with Gasteiger partial charge in [0.2, 0.25) is 5.82 Å². The van der Waals surface area contributed by atoms with Crippen molar-refractivity contribution in [2.45, 2.75) is 13.0 Å². The van der Waals surface area contributed by atoms with Crippen LogP contribution in [-0.2, 0) is 0 Å². The summed E-state index contributed by atoms with van der Waals surface area (Å²) in [7, 11) is 0. The molecular weight excluding hydrogens is 335 g/mol. The third-order valence-corrected chi connectivity index (χ3v) is 3.12. The summed E-state index contributed by atoms with van der Waals surface area (Å²) in [6.45, 7) is 1.64. The second-order valence-electron chi connectivity index (χ2n) is 4.25. The van der Waals surface area contributed by atoms with Crippen LogP contribution in [0.5, 0.6) is 11.5 Å². The SMILES string of the molecule is C[C@@H](N)c1cccc(F)c1Oc1cc(Br)cc(F)c1F. The molecule has 2 N–H and O–H groups in total. The van der Waals surface area contributed by atoms with Crippen LogP contribution in [-0.4, -0.2) is 0 Å². The Labute approximate surface area is 122 Å². The molecule has 0 bridgehead atoms. The average Bonchev–Trinajstić information content (AvgIpc) is 2.37. The summed E-state index contributed by atoms with van der Waals surface area (Å²) in [6.07, 6.45) is 0. The summed E-state index contributed by atoms with van der Waals surface area (Å²) in [5, 5.41) is 0. The minimum Gasteiger partial charge on any atom is -0.451 e. The zero-order chi connectivity index (χ0) is 14.9. The van der Waals surface area contributed by atoms with Crippen molar-refractivity contribution in [3.05, 3.63) is 57.8 Å². The molecule has 0 radical (unpaired) electrons. The number of halogens is 4. The number of para-hydroxylation sites is 1. The molecule has 0 heterocycles. The zero-order valence-electron chi connectivity index (χ0n) is 10.5. The molecule has 0 aliphatic heterocycles. The summed E-state index contributed by atoms with van der Waals surface area (Å²) >= 11 is 3.02. The summed E-state index contributed by atoms with van der Waals surface area (Å²) in [5.74, 6) is -3.59. The number of hydrogen-bond acceptors (Lipinski definition) is 2. The third kappa shape index (κ3) is 2.96. The number of ether oxygens (including phenoxy) is 1. The second-order valence-corrected chi connectivity index (χ2v) is 5.16. The van der Waals surface area contributed by atoms with Gasteiger partial charge in [0.1, 0.15) is 0 Å². The van der Waals surface area contributed by atoms with E-state index in [-0.39, 0.29) is 10.2 Å². The molecule has 0 saturated heterocycles. The third-order valence-electron chi connectivity index (χ3n) is 2.66. The van der Waals surface area contributed by atoms with Crippen molar-refractivity contribution in [3.63, 3.8) is 0 Å². The highest BCUT2D eigenvalue weighted by molar-refractivity contribution is 9.10. The molecule has 2 aromatic rings. The number of benzene rings is 2. The van der Waals surface area contributed by atoms with E-state index in [9.17, 15) is 13.2 Å². The first-order valence-corrected chi connectivity index (χ1v) is 6.56. The minimum atomic E-state index is -1.19. The number of hydrogen-bond donors (Lipinski definition) is 1. The Bertz CT molecular complexity index is 647. The van der Waals surface area contributed by atoms with Crippen LogP contribution in [0.4, 0.5) is 13.2 Å². The molecule has 2 rings (SSSR count). The molecule has 0 unspecified atom stereocenters. The van der Waals surface area contributed by atoms with Crippen LogP contribution in [0.15, 0.2) is 34.8 Å². The van der Waals surface area contributed by atoms with Crippen molar-refractivity contribution in [1.29, 1.82) is 0 Å². The Morgan fingerprint density at radius 3 is 2.50 bits per heavy atom. The highest BCUT2D eigenvalue weighted by Gasteiger charge is 2.18. The van der Waals surface area contributed by atoms with Gasteiger partial charge in [-0.05, 0) is 25.1 Å². The van der Waals surface area contributed by atoms with Gasteiger partial charge in [-0.1, -0.05) is 28.1 Å². The van der Waals surface area contributed by atoms with Gasteiger partial charge in [-0.2, -0.15) is 4.39 Å². The molecule has 0 aliphatic carbocycles. The van der Waals surface area contributed by atoms with E-state index in [1.807, 2.05) is 0 Å². The molecule has 0 spiro atoms. The molecule has 2 nitrogen and oxygen atoms in total. The van der Waals surface area contributed by atoms with Crippen LogP contribution in [0.1, 0.15) is 18.5 Å². The van der Waals surface area contributed by atoms with Gasteiger partial charge in [0.15, 0.2) is 23.1 Å². The first-order valence-electron chi connectivity index (χ1n) is 5.76. The highest BCUT2D eigenvalue weighted by Crippen LogP contribution is 2.34. The molecule has 0 amide bonds. The molecule has 0 aliphatic rings. The van der Waals surface area contributed by atoms with Crippen molar-refractivity contribution in [1.82, 2.24) is 0 Å². The standard InChI is InChI=1S/C14H11BrF3NO/c1-7(19)9-3-2-4-10(16)14(9)20-12-6-8(15)5-11(17)13(12)18/h2-7H,19H2,1H3/t7-/m1/s1. The van der Waals surface area contributed by atoms with E-state index >= 15 is 0 Å². The van der Waals surface area contributed by atoms with Gasteiger partial charge < -0.3 is 10.5 Å². The van der Waals surface area contributed by atoms with Gasteiger partial charge >= 0.3 is 0 Å². The Kier molecular flexibility index (Phi) is 4.35. The van der Waals surface area contributed by atoms with Gasteiger partial charge in [-0.25, -0.2) is 8.78 Å². The summed E-state index contributed by atoms with van der Waals surface area (Å²) in [4.78, 5) is 0. The van der Waals surface area contributed by atoms with Gasteiger partial charge in [0, 0.05) is 16.1 Å². The van der Waals surface area contributed by atoms with Crippen LogP contribution in [0, 0.1) is 17.5 Å². The maximum absolute atomic E-state index is 13.8. The average molecular weight is 346 g/mol. The van der Waals surface area contributed by atoms with Crippen LogP contribution in [0.25, 0.3) is 0 Å². The zero-order valence-corrected chi connectivity index (χ0v) is 12.0. The first kappa shape index (κ1) is 14.9. The monoisotopic (exact) mass is 345 g/mol. The van der Waals surface area contributed by atoms with E-state index in [0.717, 1.165) is 12.1 Å². The molecule has 1 atom stereocenters. The maximum atomic E-state index is 13.8. The van der Waals surface area contributed by atoms with E-state index in [2.05, 4.69) is 15.9 Å². The van der Waals surface area contributed by atoms with E-state index in [0.29, 0.717) is 5.56 Å². The van der Waals surface area contributed by atoms with Crippen LogP contribution in [0.2, 0.25) is 0 Å². The van der Waals surface area contributed by atoms with E-state index in [4.69, 9.17) is 10.5 Å². The molecule has 0 aromatic heterocycles. The smallest absolute Gasteiger partial charge is 0.201 e. The fraction of sp³-hybridized carbons (Fsp3) is 0.143. The second kappa shape index (κ2) is 5.85. The lowest BCUT2D eigenvalue weighted by molar-refractivity contribution is 0.391. The van der Waals surface area contributed by atoms with Gasteiger partial charge in [-0.3, -0.25) is 0 Å². The number of nitrogens with two attached hydrogens (primary N) is 1. The summed E-state index contributed by atoms with van der Waals surface area (Å²) < 4.78 is 46.3. The Morgan fingerprint density at radius 2 is 1.85 bits per heavy atom. The molecule has 0 saturated carbocycles. The maximum Gasteiger partial charge on any atom is 0.201 e.